The first-order valence-corrected chi connectivity index (χ1v) is 10.5. The molecule has 1 aliphatic carbocycles. The number of anilines is 1. The van der Waals surface area contributed by atoms with Crippen molar-refractivity contribution in [1.29, 1.82) is 0 Å². The highest BCUT2D eigenvalue weighted by Gasteiger charge is 2.25. The van der Waals surface area contributed by atoms with E-state index in [0.717, 1.165) is 51.6 Å². The lowest BCUT2D eigenvalue weighted by atomic mass is 9.86. The van der Waals surface area contributed by atoms with Crippen molar-refractivity contribution in [3.05, 3.63) is 33.9 Å². The normalized spacial score (nSPS) is 22.0. The Morgan fingerprint density at radius 2 is 1.90 bits per heavy atom. The Hall–Kier alpha value is -2.64. The van der Waals surface area contributed by atoms with Crippen LogP contribution >= 0.6 is 0 Å². The van der Waals surface area contributed by atoms with E-state index in [1.54, 1.807) is 6.07 Å². The van der Waals surface area contributed by atoms with Crippen LogP contribution in [0.5, 0.6) is 0 Å². The van der Waals surface area contributed by atoms with Crippen LogP contribution in [0, 0.1) is 16.0 Å². The van der Waals surface area contributed by atoms with E-state index in [2.05, 4.69) is 12.2 Å². The minimum atomic E-state index is -0.731. The van der Waals surface area contributed by atoms with Gasteiger partial charge in [-0.2, -0.15) is 0 Å². The summed E-state index contributed by atoms with van der Waals surface area (Å²) in [6.45, 7) is 3.26. The second-order valence-electron chi connectivity index (χ2n) is 8.02. The fraction of sp³-hybridized carbons (Fsp3) is 0.619. The first kappa shape index (κ1) is 21.1. The van der Waals surface area contributed by atoms with Crippen molar-refractivity contribution < 1.29 is 19.2 Å². The lowest BCUT2D eigenvalue weighted by Crippen LogP contribution is -2.42. The number of benzene rings is 1. The van der Waals surface area contributed by atoms with Gasteiger partial charge in [-0.15, -0.1) is 0 Å². The molecule has 158 valence electrons. The standard InChI is InChI=1S/C21H29N3O5/c1-15-7-3-4-8-17(15)22-20(25)14-29-21(26)16-9-10-18(19(13-16)24(27)28)23-11-5-2-6-12-23/h9-10,13,15,17H,2-8,11-12,14H2,1H3,(H,22,25)/t15-,17+/m1/s1. The Balaban J connectivity index is 1.60. The van der Waals surface area contributed by atoms with Gasteiger partial charge in [0.1, 0.15) is 5.69 Å². The van der Waals surface area contributed by atoms with Crippen molar-refractivity contribution in [3.63, 3.8) is 0 Å². The van der Waals surface area contributed by atoms with Crippen LogP contribution < -0.4 is 10.2 Å². The molecule has 0 spiro atoms. The molecule has 1 aromatic carbocycles. The van der Waals surface area contributed by atoms with Crippen molar-refractivity contribution in [3.8, 4) is 0 Å². The van der Waals surface area contributed by atoms with Crippen molar-refractivity contribution >= 4 is 23.3 Å². The molecule has 0 radical (unpaired) electrons. The molecule has 0 bridgehead atoms. The maximum atomic E-state index is 12.3. The summed E-state index contributed by atoms with van der Waals surface area (Å²) in [7, 11) is 0. The number of amides is 1. The molecule has 1 saturated carbocycles. The molecular formula is C21H29N3O5. The highest BCUT2D eigenvalue weighted by Crippen LogP contribution is 2.31. The van der Waals surface area contributed by atoms with Gasteiger partial charge in [0, 0.05) is 25.2 Å². The quantitative estimate of drug-likeness (QED) is 0.443. The molecule has 1 heterocycles. The zero-order valence-electron chi connectivity index (χ0n) is 16.9. The molecular weight excluding hydrogens is 374 g/mol. The Morgan fingerprint density at radius 1 is 1.17 bits per heavy atom. The van der Waals surface area contributed by atoms with E-state index in [9.17, 15) is 19.7 Å². The number of carbonyl (C=O) groups excluding carboxylic acids is 2. The van der Waals surface area contributed by atoms with Gasteiger partial charge in [0.25, 0.3) is 11.6 Å². The number of nitrogens with one attached hydrogen (secondary N) is 1. The number of piperidine rings is 1. The van der Waals surface area contributed by atoms with Crippen LogP contribution in [-0.4, -0.2) is 42.5 Å². The monoisotopic (exact) mass is 403 g/mol. The van der Waals surface area contributed by atoms with Crippen LogP contribution in [0.15, 0.2) is 18.2 Å². The lowest BCUT2D eigenvalue weighted by Gasteiger charge is -2.29. The van der Waals surface area contributed by atoms with E-state index < -0.39 is 10.9 Å². The Labute approximate surface area is 170 Å². The average molecular weight is 403 g/mol. The molecule has 2 fully saturated rings. The number of rotatable bonds is 6. The summed E-state index contributed by atoms with van der Waals surface area (Å²) in [6.07, 6.45) is 7.39. The van der Waals surface area contributed by atoms with Crippen LogP contribution in [-0.2, 0) is 9.53 Å². The van der Waals surface area contributed by atoms with Crippen LogP contribution in [0.2, 0.25) is 0 Å². The highest BCUT2D eigenvalue weighted by atomic mass is 16.6. The molecule has 2 atom stereocenters. The molecule has 1 saturated heterocycles. The highest BCUT2D eigenvalue weighted by molar-refractivity contribution is 5.93. The third-order valence-electron chi connectivity index (χ3n) is 5.90. The molecule has 1 N–H and O–H groups in total. The predicted molar refractivity (Wildman–Crippen MR) is 109 cm³/mol. The molecule has 2 aliphatic rings. The third kappa shape index (κ3) is 5.46. The van der Waals surface area contributed by atoms with E-state index >= 15 is 0 Å². The lowest BCUT2D eigenvalue weighted by molar-refractivity contribution is -0.384. The summed E-state index contributed by atoms with van der Waals surface area (Å²) in [5, 5.41) is 14.4. The number of nitrogens with zero attached hydrogens (tertiary/aromatic N) is 2. The number of nitro benzene ring substituents is 1. The van der Waals surface area contributed by atoms with Crippen LogP contribution in [0.4, 0.5) is 11.4 Å². The van der Waals surface area contributed by atoms with Crippen LogP contribution in [0.3, 0.4) is 0 Å². The van der Waals surface area contributed by atoms with E-state index in [1.807, 2.05) is 4.90 Å². The van der Waals surface area contributed by atoms with Gasteiger partial charge in [-0.3, -0.25) is 14.9 Å². The maximum absolute atomic E-state index is 12.3. The molecule has 29 heavy (non-hydrogen) atoms. The molecule has 8 heteroatoms. The summed E-state index contributed by atoms with van der Waals surface area (Å²) in [6, 6.07) is 4.48. The average Bonchev–Trinajstić information content (AvgIpc) is 2.74. The minimum Gasteiger partial charge on any atom is -0.452 e. The van der Waals surface area contributed by atoms with Crippen LogP contribution in [0.1, 0.15) is 62.2 Å². The SMILES string of the molecule is C[C@@H]1CCCC[C@@H]1NC(=O)COC(=O)c1ccc(N2CCCCC2)c([N+](=O)[O-])c1. The smallest absolute Gasteiger partial charge is 0.338 e. The second kappa shape index (κ2) is 9.71. The van der Waals surface area contributed by atoms with E-state index in [4.69, 9.17) is 4.74 Å². The summed E-state index contributed by atoms with van der Waals surface area (Å²) >= 11 is 0. The molecule has 1 amide bonds. The van der Waals surface area contributed by atoms with Crippen molar-refractivity contribution in [2.75, 3.05) is 24.6 Å². The van der Waals surface area contributed by atoms with E-state index in [-0.39, 0.29) is 29.8 Å². The largest absolute Gasteiger partial charge is 0.452 e. The van der Waals surface area contributed by atoms with Gasteiger partial charge in [0.2, 0.25) is 0 Å². The van der Waals surface area contributed by atoms with Gasteiger partial charge in [-0.25, -0.2) is 4.79 Å². The van der Waals surface area contributed by atoms with Gasteiger partial charge in [-0.1, -0.05) is 19.8 Å². The molecule has 8 nitrogen and oxygen atoms in total. The topological polar surface area (TPSA) is 102 Å². The van der Waals surface area contributed by atoms with E-state index in [0.29, 0.717) is 11.6 Å². The van der Waals surface area contributed by atoms with E-state index in [1.165, 1.54) is 18.6 Å². The first-order valence-electron chi connectivity index (χ1n) is 10.5. The number of esters is 1. The fourth-order valence-corrected chi connectivity index (χ4v) is 4.19. The molecule has 0 aromatic heterocycles. The van der Waals surface area contributed by atoms with Crippen molar-refractivity contribution in [1.82, 2.24) is 5.32 Å². The van der Waals surface area contributed by atoms with Gasteiger partial charge in [0.15, 0.2) is 6.61 Å². The second-order valence-corrected chi connectivity index (χ2v) is 8.02. The number of hydrogen-bond acceptors (Lipinski definition) is 6. The molecule has 3 rings (SSSR count). The van der Waals surface area contributed by atoms with Crippen LogP contribution in [0.25, 0.3) is 0 Å². The Bertz CT molecular complexity index is 761. The fourth-order valence-electron chi connectivity index (χ4n) is 4.19. The van der Waals surface area contributed by atoms with Gasteiger partial charge < -0.3 is 15.0 Å². The zero-order valence-corrected chi connectivity index (χ0v) is 16.9. The Morgan fingerprint density at radius 3 is 2.59 bits per heavy atom. The maximum Gasteiger partial charge on any atom is 0.338 e. The Kier molecular flexibility index (Phi) is 7.06. The number of nitro groups is 1. The molecule has 1 aliphatic heterocycles. The van der Waals surface area contributed by atoms with Gasteiger partial charge in [-0.05, 0) is 50.2 Å². The summed E-state index contributed by atoms with van der Waals surface area (Å²) in [5.41, 5.74) is 0.494. The van der Waals surface area contributed by atoms with Gasteiger partial charge >= 0.3 is 5.97 Å². The minimum absolute atomic E-state index is 0.0799. The predicted octanol–water partition coefficient (Wildman–Crippen LogP) is 3.44. The number of ether oxygens (including phenoxy) is 1. The summed E-state index contributed by atoms with van der Waals surface area (Å²) < 4.78 is 5.10. The number of carbonyl (C=O) groups is 2. The summed E-state index contributed by atoms with van der Waals surface area (Å²) in [5.74, 6) is -0.657. The molecule has 1 aromatic rings. The molecule has 0 unspecified atom stereocenters. The van der Waals surface area contributed by atoms with Crippen molar-refractivity contribution in [2.24, 2.45) is 5.92 Å². The third-order valence-corrected chi connectivity index (χ3v) is 5.90. The summed E-state index contributed by atoms with van der Waals surface area (Å²) in [4.78, 5) is 37.5. The first-order chi connectivity index (χ1) is 14.0. The number of hydrogen-bond donors (Lipinski definition) is 1. The van der Waals surface area contributed by atoms with Crippen molar-refractivity contribution in [2.45, 2.75) is 57.9 Å². The van der Waals surface area contributed by atoms with Gasteiger partial charge in [0.05, 0.1) is 10.5 Å². The zero-order chi connectivity index (χ0) is 20.8.